The van der Waals surface area contributed by atoms with Crippen LogP contribution in [0.4, 0.5) is 0 Å². The zero-order valence-corrected chi connectivity index (χ0v) is 10.8. The van der Waals surface area contributed by atoms with E-state index in [-0.39, 0.29) is 29.8 Å². The van der Waals surface area contributed by atoms with E-state index in [9.17, 15) is 9.59 Å². The molecule has 2 heteroatoms. The maximum atomic E-state index is 11.8. The summed E-state index contributed by atoms with van der Waals surface area (Å²) in [6.07, 6.45) is 0.964. The van der Waals surface area contributed by atoms with Gasteiger partial charge in [0.25, 0.3) is 0 Å². The highest BCUT2D eigenvalue weighted by Gasteiger charge is 2.21. The van der Waals surface area contributed by atoms with Gasteiger partial charge in [-0.1, -0.05) is 40.9 Å². The highest BCUT2D eigenvalue weighted by atomic mass is 16.1. The van der Waals surface area contributed by atoms with Gasteiger partial charge in [0.15, 0.2) is 5.78 Å². The highest BCUT2D eigenvalue weighted by molar-refractivity contribution is 6.01. The number of Topliss-reactive ketones (excluding diaryl/α,β-unsaturated/α-hetero) is 2. The quantitative estimate of drug-likeness (QED) is 0.489. The van der Waals surface area contributed by atoms with Crippen molar-refractivity contribution in [2.75, 3.05) is 0 Å². The van der Waals surface area contributed by atoms with Crippen LogP contribution in [0.3, 0.4) is 0 Å². The van der Waals surface area contributed by atoms with Gasteiger partial charge in [-0.15, -0.1) is 0 Å². The highest BCUT2D eigenvalue weighted by Crippen LogP contribution is 2.17. The largest absolute Gasteiger partial charge is 0.299 e. The lowest BCUT2D eigenvalue weighted by atomic mass is 9.89. The molecule has 90 valence electrons. The van der Waals surface area contributed by atoms with Crippen molar-refractivity contribution in [1.29, 1.82) is 0 Å². The number of hydrogen-bond donors (Lipinski definition) is 0. The Bertz CT molecular complexity index is 311. The van der Waals surface area contributed by atoms with E-state index in [2.05, 4.69) is 13.2 Å². The maximum Gasteiger partial charge on any atom is 0.163 e. The van der Waals surface area contributed by atoms with Gasteiger partial charge in [0, 0.05) is 23.8 Å². The Labute approximate surface area is 98.4 Å². The Morgan fingerprint density at radius 2 is 1.62 bits per heavy atom. The van der Waals surface area contributed by atoms with Crippen LogP contribution < -0.4 is 0 Å². The average molecular weight is 222 g/mol. The molecule has 0 aromatic carbocycles. The van der Waals surface area contributed by atoms with Crippen LogP contribution in [0.5, 0.6) is 0 Å². The second-order valence-electron chi connectivity index (χ2n) is 4.52. The molecule has 0 amide bonds. The molecule has 0 bridgehead atoms. The van der Waals surface area contributed by atoms with E-state index < -0.39 is 0 Å². The van der Waals surface area contributed by atoms with Gasteiger partial charge in [-0.3, -0.25) is 9.59 Å². The lowest BCUT2D eigenvalue weighted by molar-refractivity contribution is -0.128. The average Bonchev–Trinajstić information content (AvgIpc) is 2.25. The SMILES string of the molecule is C=C(CC)C(=C)C(=O)CC(C)C(=O)C(C)C. The second kappa shape index (κ2) is 6.41. The number of carbonyl (C=O) groups is 2. The van der Waals surface area contributed by atoms with Crippen molar-refractivity contribution in [2.45, 2.75) is 40.5 Å². The Morgan fingerprint density at radius 1 is 1.12 bits per heavy atom. The van der Waals surface area contributed by atoms with Gasteiger partial charge in [-0.05, 0) is 12.0 Å². The minimum atomic E-state index is -0.228. The molecule has 0 aliphatic rings. The van der Waals surface area contributed by atoms with Crippen LogP contribution >= 0.6 is 0 Å². The summed E-state index contributed by atoms with van der Waals surface area (Å²) in [6, 6.07) is 0. The van der Waals surface area contributed by atoms with Crippen LogP contribution in [-0.4, -0.2) is 11.6 Å². The summed E-state index contributed by atoms with van der Waals surface area (Å²) in [5.41, 5.74) is 1.22. The van der Waals surface area contributed by atoms with Crippen molar-refractivity contribution in [3.8, 4) is 0 Å². The fourth-order valence-corrected chi connectivity index (χ4v) is 1.48. The van der Waals surface area contributed by atoms with E-state index in [1.165, 1.54) is 0 Å². The van der Waals surface area contributed by atoms with Crippen molar-refractivity contribution in [3.05, 3.63) is 24.3 Å². The van der Waals surface area contributed by atoms with E-state index in [1.807, 2.05) is 20.8 Å². The topological polar surface area (TPSA) is 34.1 Å². The third kappa shape index (κ3) is 4.13. The monoisotopic (exact) mass is 222 g/mol. The molecule has 0 fully saturated rings. The minimum absolute atomic E-state index is 0.0227. The van der Waals surface area contributed by atoms with Gasteiger partial charge in [-0.2, -0.15) is 0 Å². The molecule has 16 heavy (non-hydrogen) atoms. The van der Waals surface area contributed by atoms with E-state index in [1.54, 1.807) is 6.92 Å². The molecule has 1 unspecified atom stereocenters. The van der Waals surface area contributed by atoms with E-state index in [4.69, 9.17) is 0 Å². The Balaban J connectivity index is 4.41. The summed E-state index contributed by atoms with van der Waals surface area (Å²) in [7, 11) is 0. The van der Waals surface area contributed by atoms with Gasteiger partial charge in [-0.25, -0.2) is 0 Å². The van der Waals surface area contributed by atoms with E-state index in [0.29, 0.717) is 5.57 Å². The van der Waals surface area contributed by atoms with Crippen LogP contribution in [0.2, 0.25) is 0 Å². The molecule has 0 radical (unpaired) electrons. The molecule has 0 N–H and O–H groups in total. The van der Waals surface area contributed by atoms with Crippen molar-refractivity contribution < 1.29 is 9.59 Å². The zero-order valence-electron chi connectivity index (χ0n) is 10.8. The third-order valence-electron chi connectivity index (χ3n) is 2.74. The molecule has 0 saturated heterocycles. The second-order valence-corrected chi connectivity index (χ2v) is 4.52. The Morgan fingerprint density at radius 3 is 2.00 bits per heavy atom. The first-order valence-electron chi connectivity index (χ1n) is 5.75. The summed E-state index contributed by atoms with van der Waals surface area (Å²) in [5, 5.41) is 0. The smallest absolute Gasteiger partial charge is 0.163 e. The molecule has 0 heterocycles. The summed E-state index contributed by atoms with van der Waals surface area (Å²) in [5.74, 6) is -0.184. The third-order valence-corrected chi connectivity index (χ3v) is 2.74. The standard InChI is InChI=1S/C14H22O2/c1-7-10(4)12(6)13(15)8-11(5)14(16)9(2)3/h9,11H,4,6-8H2,1-3,5H3. The van der Waals surface area contributed by atoms with Gasteiger partial charge < -0.3 is 0 Å². The van der Waals surface area contributed by atoms with Gasteiger partial charge in [0.2, 0.25) is 0 Å². The van der Waals surface area contributed by atoms with Gasteiger partial charge >= 0.3 is 0 Å². The molecule has 2 nitrogen and oxygen atoms in total. The normalized spacial score (nSPS) is 12.3. The summed E-state index contributed by atoms with van der Waals surface area (Å²) >= 11 is 0. The summed E-state index contributed by atoms with van der Waals surface area (Å²) < 4.78 is 0. The molecule has 0 aromatic rings. The molecule has 0 aromatic heterocycles. The number of rotatable bonds is 7. The lowest BCUT2D eigenvalue weighted by Gasteiger charge is -2.13. The maximum absolute atomic E-state index is 11.8. The molecule has 1 atom stereocenters. The predicted octanol–water partition coefficient (Wildman–Crippen LogP) is 3.33. The molecule has 0 saturated carbocycles. The molecule has 0 aliphatic heterocycles. The summed E-state index contributed by atoms with van der Waals surface area (Å²) in [4.78, 5) is 23.4. The van der Waals surface area contributed by atoms with E-state index >= 15 is 0 Å². The molecule has 0 aliphatic carbocycles. The Kier molecular flexibility index (Phi) is 5.94. The van der Waals surface area contributed by atoms with Crippen LogP contribution in [0.25, 0.3) is 0 Å². The first kappa shape index (κ1) is 14.8. The number of hydrogen-bond acceptors (Lipinski definition) is 2. The lowest BCUT2D eigenvalue weighted by Crippen LogP contribution is -2.20. The van der Waals surface area contributed by atoms with Crippen LogP contribution in [0.15, 0.2) is 24.3 Å². The number of carbonyl (C=O) groups excluding carboxylic acids is 2. The number of allylic oxidation sites excluding steroid dienone is 2. The van der Waals surface area contributed by atoms with Gasteiger partial charge in [0.05, 0.1) is 0 Å². The van der Waals surface area contributed by atoms with Crippen molar-refractivity contribution in [3.63, 3.8) is 0 Å². The first-order valence-corrected chi connectivity index (χ1v) is 5.75. The van der Waals surface area contributed by atoms with Crippen LogP contribution in [0.1, 0.15) is 40.5 Å². The fraction of sp³-hybridized carbons (Fsp3) is 0.571. The van der Waals surface area contributed by atoms with E-state index in [0.717, 1.165) is 12.0 Å². The Hall–Kier alpha value is -1.18. The van der Waals surface area contributed by atoms with Crippen molar-refractivity contribution in [1.82, 2.24) is 0 Å². The fourth-order valence-electron chi connectivity index (χ4n) is 1.48. The minimum Gasteiger partial charge on any atom is -0.299 e. The van der Waals surface area contributed by atoms with Gasteiger partial charge in [0.1, 0.15) is 5.78 Å². The molecular weight excluding hydrogens is 200 g/mol. The zero-order chi connectivity index (χ0) is 12.9. The molecule has 0 rings (SSSR count). The van der Waals surface area contributed by atoms with Crippen LogP contribution in [-0.2, 0) is 9.59 Å². The van der Waals surface area contributed by atoms with Crippen molar-refractivity contribution in [2.24, 2.45) is 11.8 Å². The molecular formula is C14H22O2. The summed E-state index contributed by atoms with van der Waals surface area (Å²) in [6.45, 7) is 14.9. The van der Waals surface area contributed by atoms with Crippen LogP contribution in [0, 0.1) is 11.8 Å². The predicted molar refractivity (Wildman–Crippen MR) is 67.2 cm³/mol. The number of ketones is 2. The first-order chi connectivity index (χ1) is 7.31. The molecule has 0 spiro atoms. The van der Waals surface area contributed by atoms with Crippen molar-refractivity contribution >= 4 is 11.6 Å².